The number of hydrogen-bond donors (Lipinski definition) is 2. The summed E-state index contributed by atoms with van der Waals surface area (Å²) in [6.07, 6.45) is 0. The predicted octanol–water partition coefficient (Wildman–Crippen LogP) is 5.82. The summed E-state index contributed by atoms with van der Waals surface area (Å²) in [6.45, 7) is 7.93. The van der Waals surface area contributed by atoms with Gasteiger partial charge in [0.15, 0.2) is 0 Å². The van der Waals surface area contributed by atoms with Crippen molar-refractivity contribution in [2.75, 3.05) is 5.32 Å². The fraction of sp³-hybridized carbons (Fsp3) is 0.192. The molecule has 0 unspecified atom stereocenters. The summed E-state index contributed by atoms with van der Waals surface area (Å²) in [5.41, 5.74) is 3.49. The van der Waals surface area contributed by atoms with E-state index in [1.165, 1.54) is 18.2 Å². The fourth-order valence-corrected chi connectivity index (χ4v) is 3.48. The van der Waals surface area contributed by atoms with E-state index < -0.39 is 17.8 Å². The van der Waals surface area contributed by atoms with Gasteiger partial charge in [0.25, 0.3) is 5.91 Å². The molecule has 0 saturated carbocycles. The molecule has 3 aromatic rings. The summed E-state index contributed by atoms with van der Waals surface area (Å²) in [7, 11) is 0. The third kappa shape index (κ3) is 5.20. The lowest BCUT2D eigenvalue weighted by Gasteiger charge is -2.19. The van der Waals surface area contributed by atoms with E-state index in [4.69, 9.17) is 0 Å². The number of benzene rings is 3. The molecule has 0 spiro atoms. The van der Waals surface area contributed by atoms with Crippen LogP contribution < -0.4 is 5.32 Å². The summed E-state index contributed by atoms with van der Waals surface area (Å²) >= 11 is 0. The Morgan fingerprint density at radius 1 is 0.818 bits per heavy atom. The van der Waals surface area contributed by atoms with Crippen molar-refractivity contribution in [2.24, 2.45) is 5.18 Å². The van der Waals surface area contributed by atoms with Crippen LogP contribution >= 0.6 is 0 Å². The van der Waals surface area contributed by atoms with E-state index in [2.05, 4.69) is 31.3 Å². The molecule has 33 heavy (non-hydrogen) atoms. The molecular weight excluding hydrogens is 420 g/mol. The summed E-state index contributed by atoms with van der Waals surface area (Å²) < 4.78 is 0. The Labute approximate surface area is 191 Å². The molecule has 3 rings (SSSR count). The summed E-state index contributed by atoms with van der Waals surface area (Å²) in [5, 5.41) is 14.8. The Bertz CT molecular complexity index is 1250. The van der Waals surface area contributed by atoms with E-state index in [9.17, 15) is 24.4 Å². The lowest BCUT2D eigenvalue weighted by Crippen LogP contribution is -2.17. The van der Waals surface area contributed by atoms with E-state index in [-0.39, 0.29) is 22.1 Å². The van der Waals surface area contributed by atoms with Crippen LogP contribution in [-0.2, 0) is 5.41 Å². The summed E-state index contributed by atoms with van der Waals surface area (Å²) in [6, 6.07) is 16.6. The van der Waals surface area contributed by atoms with Gasteiger partial charge in [0.05, 0.1) is 11.1 Å². The molecule has 0 saturated heterocycles. The minimum atomic E-state index is -1.22. The molecule has 7 heteroatoms. The van der Waals surface area contributed by atoms with E-state index in [0.29, 0.717) is 22.4 Å². The molecule has 3 aromatic carbocycles. The van der Waals surface area contributed by atoms with Crippen molar-refractivity contribution in [3.63, 3.8) is 0 Å². The Morgan fingerprint density at radius 2 is 1.39 bits per heavy atom. The molecule has 0 aliphatic heterocycles. The number of rotatable bonds is 5. The number of nitrogens with one attached hydrogen (secondary N) is 1. The average molecular weight is 444 g/mol. The number of anilines is 1. The van der Waals surface area contributed by atoms with Crippen LogP contribution in [0.2, 0.25) is 0 Å². The van der Waals surface area contributed by atoms with Crippen LogP contribution in [0.25, 0.3) is 11.1 Å². The van der Waals surface area contributed by atoms with Crippen LogP contribution in [-0.4, -0.2) is 22.9 Å². The Hall–Kier alpha value is -4.13. The van der Waals surface area contributed by atoms with Crippen LogP contribution in [0.15, 0.2) is 65.8 Å². The quantitative estimate of drug-likeness (QED) is 0.482. The van der Waals surface area contributed by atoms with Gasteiger partial charge in [-0.25, -0.2) is 4.79 Å². The average Bonchev–Trinajstić information content (AvgIpc) is 2.77. The number of nitrogens with zero attached hydrogens (tertiary/aromatic N) is 1. The van der Waals surface area contributed by atoms with Crippen molar-refractivity contribution in [3.05, 3.63) is 93.4 Å². The molecule has 0 heterocycles. The highest BCUT2D eigenvalue weighted by Crippen LogP contribution is 2.27. The normalized spacial score (nSPS) is 11.0. The van der Waals surface area contributed by atoms with Gasteiger partial charge >= 0.3 is 11.9 Å². The van der Waals surface area contributed by atoms with E-state index >= 15 is 0 Å². The SMILES string of the molecule is Cc1cc(-c2ccc(C(=O)O)c(C(=O)Nc3ccc(C(C)(C)C)cc3)c2)ccc1C(=O)N=O. The Morgan fingerprint density at radius 3 is 1.91 bits per heavy atom. The first-order valence-corrected chi connectivity index (χ1v) is 10.3. The van der Waals surface area contributed by atoms with Crippen molar-refractivity contribution in [3.8, 4) is 11.1 Å². The summed E-state index contributed by atoms with van der Waals surface area (Å²) in [4.78, 5) is 46.9. The molecule has 2 amide bonds. The second-order valence-corrected chi connectivity index (χ2v) is 8.77. The van der Waals surface area contributed by atoms with Gasteiger partial charge in [-0.2, -0.15) is 0 Å². The maximum atomic E-state index is 13.0. The van der Waals surface area contributed by atoms with Crippen molar-refractivity contribution in [1.82, 2.24) is 0 Å². The third-order valence-corrected chi connectivity index (χ3v) is 5.38. The van der Waals surface area contributed by atoms with Gasteiger partial charge in [0.2, 0.25) is 0 Å². The van der Waals surface area contributed by atoms with E-state index in [1.54, 1.807) is 37.3 Å². The molecule has 0 aliphatic rings. The number of carboxylic acids is 1. The number of carbonyl (C=O) groups is 3. The first-order valence-electron chi connectivity index (χ1n) is 10.3. The monoisotopic (exact) mass is 444 g/mol. The maximum absolute atomic E-state index is 13.0. The first kappa shape index (κ1) is 23.5. The zero-order valence-electron chi connectivity index (χ0n) is 18.8. The van der Waals surface area contributed by atoms with Crippen LogP contribution in [0.1, 0.15) is 63.0 Å². The zero-order valence-corrected chi connectivity index (χ0v) is 18.8. The number of aromatic carboxylic acids is 1. The summed E-state index contributed by atoms with van der Waals surface area (Å²) in [5.74, 6) is -2.63. The Balaban J connectivity index is 1.96. The zero-order chi connectivity index (χ0) is 24.3. The minimum Gasteiger partial charge on any atom is -0.478 e. The highest BCUT2D eigenvalue weighted by Gasteiger charge is 2.19. The van der Waals surface area contributed by atoms with Gasteiger partial charge in [-0.3, -0.25) is 9.59 Å². The van der Waals surface area contributed by atoms with Crippen LogP contribution in [0, 0.1) is 11.8 Å². The smallest absolute Gasteiger partial charge is 0.336 e. The van der Waals surface area contributed by atoms with E-state index in [1.807, 2.05) is 12.1 Å². The molecule has 0 aromatic heterocycles. The lowest BCUT2D eigenvalue weighted by atomic mass is 9.87. The third-order valence-electron chi connectivity index (χ3n) is 5.38. The van der Waals surface area contributed by atoms with Crippen molar-refractivity contribution >= 4 is 23.5 Å². The largest absolute Gasteiger partial charge is 0.478 e. The van der Waals surface area contributed by atoms with Crippen molar-refractivity contribution in [2.45, 2.75) is 33.1 Å². The minimum absolute atomic E-state index is 0.00672. The number of hydrogen-bond acceptors (Lipinski definition) is 4. The van der Waals surface area contributed by atoms with Gasteiger partial charge in [0.1, 0.15) is 0 Å². The van der Waals surface area contributed by atoms with Gasteiger partial charge in [0, 0.05) is 16.4 Å². The van der Waals surface area contributed by atoms with E-state index in [0.717, 1.165) is 5.56 Å². The topological polar surface area (TPSA) is 113 Å². The lowest BCUT2D eigenvalue weighted by molar-refractivity contribution is 0.0692. The molecular formula is C26H24N2O5. The molecule has 0 radical (unpaired) electrons. The number of aryl methyl sites for hydroxylation is 1. The number of carboxylic acid groups (broad SMARTS) is 1. The number of nitroso groups, excluding NO2 is 1. The first-order chi connectivity index (χ1) is 15.5. The standard InChI is InChI=1S/C26H24N2O5/c1-15-13-16(5-11-20(15)24(30)28-33)17-6-12-21(25(31)32)22(14-17)23(29)27-19-9-7-18(8-10-19)26(2,3)4/h5-14H,1-4H3,(H,27,29)(H,31,32). The Kier molecular flexibility index (Phi) is 6.53. The van der Waals surface area contributed by atoms with Crippen LogP contribution in [0.5, 0.6) is 0 Å². The van der Waals surface area contributed by atoms with Gasteiger partial charge in [-0.1, -0.05) is 51.1 Å². The maximum Gasteiger partial charge on any atom is 0.336 e. The predicted molar refractivity (Wildman–Crippen MR) is 127 cm³/mol. The van der Waals surface area contributed by atoms with Gasteiger partial charge in [-0.15, -0.1) is 4.91 Å². The molecule has 168 valence electrons. The molecule has 7 nitrogen and oxygen atoms in total. The molecule has 0 aliphatic carbocycles. The highest BCUT2D eigenvalue weighted by molar-refractivity contribution is 6.11. The molecule has 0 bridgehead atoms. The van der Waals surface area contributed by atoms with Gasteiger partial charge in [-0.05, 0) is 64.9 Å². The van der Waals surface area contributed by atoms with Crippen LogP contribution in [0.3, 0.4) is 0 Å². The molecule has 0 fully saturated rings. The fourth-order valence-electron chi connectivity index (χ4n) is 3.48. The van der Waals surface area contributed by atoms with Crippen molar-refractivity contribution in [1.29, 1.82) is 0 Å². The molecule has 0 atom stereocenters. The van der Waals surface area contributed by atoms with Crippen molar-refractivity contribution < 1.29 is 19.5 Å². The number of carbonyl (C=O) groups excluding carboxylic acids is 2. The second kappa shape index (κ2) is 9.16. The molecule has 2 N–H and O–H groups in total. The van der Waals surface area contributed by atoms with Gasteiger partial charge < -0.3 is 10.4 Å². The van der Waals surface area contributed by atoms with Crippen LogP contribution in [0.4, 0.5) is 5.69 Å². The second-order valence-electron chi connectivity index (χ2n) is 8.77. The highest BCUT2D eigenvalue weighted by atomic mass is 16.4. The number of amides is 2.